The number of hydrogen-bond donors (Lipinski definition) is 3. The normalized spacial score (nSPS) is 22.4. The van der Waals surface area contributed by atoms with Crippen LogP contribution in [0.3, 0.4) is 0 Å². The summed E-state index contributed by atoms with van der Waals surface area (Å²) in [6.07, 6.45) is 8.52. The number of urea groups is 1. The first kappa shape index (κ1) is 22.1. The first-order valence-electron chi connectivity index (χ1n) is 11.2. The molecular weight excluding hydrogens is 412 g/mol. The van der Waals surface area contributed by atoms with Crippen LogP contribution in [-0.4, -0.2) is 38.9 Å². The van der Waals surface area contributed by atoms with Crippen LogP contribution in [0.25, 0.3) is 11.1 Å². The lowest BCUT2D eigenvalue weighted by atomic mass is 9.89. The van der Waals surface area contributed by atoms with Crippen molar-refractivity contribution < 1.29 is 4.79 Å². The largest absolute Gasteiger partial charge is 0.335 e. The van der Waals surface area contributed by atoms with Crippen LogP contribution in [-0.2, 0) is 13.0 Å². The molecule has 2 amide bonds. The van der Waals surface area contributed by atoms with Crippen molar-refractivity contribution in [3.8, 4) is 11.1 Å². The molecular formula is C23H33ClN6O. The number of hydrogen-bond acceptors (Lipinski definition) is 4. The molecule has 0 saturated heterocycles. The highest BCUT2D eigenvalue weighted by Gasteiger charge is 2.32. The molecule has 3 heterocycles. The van der Waals surface area contributed by atoms with Gasteiger partial charge in [-0.1, -0.05) is 39.3 Å². The van der Waals surface area contributed by atoms with E-state index in [1.807, 2.05) is 12.3 Å². The second kappa shape index (κ2) is 8.79. The van der Waals surface area contributed by atoms with Gasteiger partial charge in [-0.15, -0.1) is 0 Å². The van der Waals surface area contributed by atoms with E-state index in [0.717, 1.165) is 49.8 Å². The zero-order chi connectivity index (χ0) is 22.2. The number of amides is 2. The lowest BCUT2D eigenvalue weighted by Crippen LogP contribution is -2.45. The predicted octanol–water partition coefficient (Wildman–Crippen LogP) is 4.61. The number of pyridine rings is 1. The molecule has 8 heteroatoms. The maximum absolute atomic E-state index is 12.6. The molecule has 0 unspecified atom stereocenters. The minimum Gasteiger partial charge on any atom is -0.335 e. The topological polar surface area (TPSA) is 83.9 Å². The fourth-order valence-corrected chi connectivity index (χ4v) is 5.01. The van der Waals surface area contributed by atoms with Gasteiger partial charge >= 0.3 is 6.03 Å². The highest BCUT2D eigenvalue weighted by Crippen LogP contribution is 2.39. The van der Waals surface area contributed by atoms with Crippen molar-refractivity contribution in [3.05, 3.63) is 29.2 Å². The van der Waals surface area contributed by atoms with E-state index in [0.29, 0.717) is 22.9 Å². The molecule has 31 heavy (non-hydrogen) atoms. The maximum Gasteiger partial charge on any atom is 0.320 e. The minimum atomic E-state index is -0.220. The van der Waals surface area contributed by atoms with Crippen molar-refractivity contribution in [3.63, 3.8) is 0 Å². The number of anilines is 1. The number of nitrogens with one attached hydrogen (secondary N) is 3. The average molecular weight is 445 g/mol. The van der Waals surface area contributed by atoms with Crippen LogP contribution in [0.4, 0.5) is 10.6 Å². The number of halogens is 1. The van der Waals surface area contributed by atoms with E-state index in [1.54, 1.807) is 6.20 Å². The Kier molecular flexibility index (Phi) is 6.26. The van der Waals surface area contributed by atoms with Gasteiger partial charge in [-0.2, -0.15) is 5.10 Å². The van der Waals surface area contributed by atoms with Crippen molar-refractivity contribution in [2.24, 2.45) is 5.41 Å². The Morgan fingerprint density at radius 3 is 2.58 bits per heavy atom. The third-order valence-corrected chi connectivity index (χ3v) is 6.49. The van der Waals surface area contributed by atoms with Crippen LogP contribution in [0.2, 0.25) is 5.02 Å². The van der Waals surface area contributed by atoms with Gasteiger partial charge in [0.15, 0.2) is 0 Å². The molecule has 168 valence electrons. The molecule has 7 nitrogen and oxygen atoms in total. The predicted molar refractivity (Wildman–Crippen MR) is 124 cm³/mol. The van der Waals surface area contributed by atoms with Gasteiger partial charge in [0.2, 0.25) is 0 Å². The molecule has 1 aliphatic carbocycles. The molecule has 0 radical (unpaired) electrons. The Bertz CT molecular complexity index is 946. The third-order valence-electron chi connectivity index (χ3n) is 6.19. The van der Waals surface area contributed by atoms with Gasteiger partial charge in [0.05, 0.1) is 11.2 Å². The minimum absolute atomic E-state index is 0.183. The maximum atomic E-state index is 12.6. The molecule has 4 rings (SSSR count). The van der Waals surface area contributed by atoms with E-state index in [9.17, 15) is 4.79 Å². The summed E-state index contributed by atoms with van der Waals surface area (Å²) in [5.41, 5.74) is 3.23. The molecule has 2 aromatic heterocycles. The van der Waals surface area contributed by atoms with Gasteiger partial charge < -0.3 is 10.6 Å². The van der Waals surface area contributed by atoms with Crippen molar-refractivity contribution in [2.45, 2.75) is 84.5 Å². The Morgan fingerprint density at radius 1 is 1.16 bits per heavy atom. The molecule has 2 aromatic rings. The van der Waals surface area contributed by atoms with Crippen molar-refractivity contribution in [1.82, 2.24) is 25.4 Å². The quantitative estimate of drug-likeness (QED) is 0.628. The standard InChI is InChI=1S/C23H33ClN6O/c1-14(2)27-15-5-7-16(8-6-15)28-22(31)29-21-9-17(19(24)12-25-21)18-11-26-30-13-23(3,4)10-20(18)30/h9,11-12,14-16,27H,5-8,10,13H2,1-4H3,(H2,25,28,29,31). The molecule has 1 saturated carbocycles. The third kappa shape index (κ3) is 5.21. The number of carbonyl (C=O) groups is 1. The first-order valence-corrected chi connectivity index (χ1v) is 11.6. The molecule has 0 aromatic carbocycles. The summed E-state index contributed by atoms with van der Waals surface area (Å²) in [6.45, 7) is 9.72. The monoisotopic (exact) mass is 444 g/mol. The van der Waals surface area contributed by atoms with E-state index in [1.165, 1.54) is 5.69 Å². The molecule has 0 bridgehead atoms. The van der Waals surface area contributed by atoms with Gasteiger partial charge in [-0.05, 0) is 43.6 Å². The Hall–Kier alpha value is -2.12. The summed E-state index contributed by atoms with van der Waals surface area (Å²) in [5, 5.41) is 14.7. The van der Waals surface area contributed by atoms with Crippen LogP contribution >= 0.6 is 11.6 Å². The molecule has 1 fully saturated rings. The SMILES string of the molecule is CC(C)NC1CCC(NC(=O)Nc2cc(-c3cnn4c3CC(C)(C)C4)c(Cl)cn2)CC1. The second-order valence-corrected chi connectivity index (χ2v) is 10.4. The summed E-state index contributed by atoms with van der Waals surface area (Å²) < 4.78 is 2.05. The zero-order valence-electron chi connectivity index (χ0n) is 18.8. The smallest absolute Gasteiger partial charge is 0.320 e. The van der Waals surface area contributed by atoms with Crippen molar-refractivity contribution in [2.75, 3.05) is 5.32 Å². The van der Waals surface area contributed by atoms with E-state index in [-0.39, 0.29) is 17.5 Å². The van der Waals surface area contributed by atoms with Gasteiger partial charge in [0.25, 0.3) is 0 Å². The number of carbonyl (C=O) groups excluding carboxylic acids is 1. The summed E-state index contributed by atoms with van der Waals surface area (Å²) in [6, 6.07) is 2.85. The molecule has 0 spiro atoms. The van der Waals surface area contributed by atoms with Crippen LogP contribution in [0, 0.1) is 5.41 Å². The highest BCUT2D eigenvalue weighted by atomic mass is 35.5. The second-order valence-electron chi connectivity index (χ2n) is 10.0. The summed E-state index contributed by atoms with van der Waals surface area (Å²) in [7, 11) is 0. The van der Waals surface area contributed by atoms with E-state index in [4.69, 9.17) is 11.6 Å². The lowest BCUT2D eigenvalue weighted by molar-refractivity contribution is 0.239. The van der Waals surface area contributed by atoms with Gasteiger partial charge in [-0.3, -0.25) is 10.00 Å². The molecule has 2 aliphatic rings. The van der Waals surface area contributed by atoms with Crippen LogP contribution < -0.4 is 16.0 Å². The fraction of sp³-hybridized carbons (Fsp3) is 0.609. The van der Waals surface area contributed by atoms with Crippen LogP contribution in [0.5, 0.6) is 0 Å². The number of aromatic nitrogens is 3. The van der Waals surface area contributed by atoms with Crippen LogP contribution in [0.15, 0.2) is 18.5 Å². The van der Waals surface area contributed by atoms with Gasteiger partial charge in [0, 0.05) is 47.7 Å². The Balaban J connectivity index is 1.39. The lowest BCUT2D eigenvalue weighted by Gasteiger charge is -2.30. The van der Waals surface area contributed by atoms with Gasteiger partial charge in [-0.25, -0.2) is 9.78 Å². The van der Waals surface area contributed by atoms with E-state index < -0.39 is 0 Å². The summed E-state index contributed by atoms with van der Waals surface area (Å²) in [4.78, 5) is 16.9. The number of fused-ring (bicyclic) bond motifs is 1. The zero-order valence-corrected chi connectivity index (χ0v) is 19.6. The average Bonchev–Trinajstić information content (AvgIpc) is 3.19. The molecule has 1 aliphatic heterocycles. The summed E-state index contributed by atoms with van der Waals surface area (Å²) >= 11 is 6.47. The van der Waals surface area contributed by atoms with E-state index in [2.05, 4.69) is 58.4 Å². The number of nitrogens with zero attached hydrogens (tertiary/aromatic N) is 3. The Labute approximate surface area is 189 Å². The Morgan fingerprint density at radius 2 is 1.87 bits per heavy atom. The van der Waals surface area contributed by atoms with Crippen LogP contribution in [0.1, 0.15) is 59.1 Å². The molecule has 0 atom stereocenters. The van der Waals surface area contributed by atoms with Crippen molar-refractivity contribution >= 4 is 23.4 Å². The molecule has 3 N–H and O–H groups in total. The van der Waals surface area contributed by atoms with Gasteiger partial charge in [0.1, 0.15) is 5.82 Å². The van der Waals surface area contributed by atoms with E-state index >= 15 is 0 Å². The summed E-state index contributed by atoms with van der Waals surface area (Å²) in [5.74, 6) is 0.490. The number of rotatable bonds is 5. The highest BCUT2D eigenvalue weighted by molar-refractivity contribution is 6.33. The first-order chi connectivity index (χ1) is 14.7. The fourth-order valence-electron chi connectivity index (χ4n) is 4.80. The van der Waals surface area contributed by atoms with Crippen molar-refractivity contribution in [1.29, 1.82) is 0 Å².